The number of aromatic nitrogens is 2. The summed E-state index contributed by atoms with van der Waals surface area (Å²) in [6.07, 6.45) is -0.742. The predicted molar refractivity (Wildman–Crippen MR) is 101 cm³/mol. The van der Waals surface area contributed by atoms with E-state index in [0.29, 0.717) is 35.6 Å². The molecule has 0 radical (unpaired) electrons. The highest BCUT2D eigenvalue weighted by atomic mass is 19.3. The van der Waals surface area contributed by atoms with Gasteiger partial charge in [-0.1, -0.05) is 24.3 Å². The summed E-state index contributed by atoms with van der Waals surface area (Å²) in [6.45, 7) is 0.769. The van der Waals surface area contributed by atoms with E-state index in [-0.39, 0.29) is 24.2 Å². The zero-order chi connectivity index (χ0) is 20.1. The smallest absolute Gasteiger partial charge is 0.284 e. The minimum Gasteiger partial charge on any atom is -0.363 e. The van der Waals surface area contributed by atoms with Crippen LogP contribution in [0.5, 0.6) is 0 Å². The number of hydrazone groups is 1. The third-order valence-corrected chi connectivity index (χ3v) is 4.47. The van der Waals surface area contributed by atoms with Gasteiger partial charge in [0.1, 0.15) is 17.3 Å². The van der Waals surface area contributed by atoms with E-state index in [1.807, 2.05) is 6.07 Å². The molecule has 8 nitrogen and oxygen atoms in total. The number of hydrogen-bond acceptors (Lipinski definition) is 7. The maximum Gasteiger partial charge on any atom is 0.284 e. The average molecular weight is 385 g/mol. The fourth-order valence-electron chi connectivity index (χ4n) is 3.04. The Kier molecular flexibility index (Phi) is 5.74. The number of piperidine rings is 1. The number of alkyl halides is 2. The lowest BCUT2D eigenvalue weighted by Gasteiger charge is -2.30. The minimum atomic E-state index is -2.58. The summed E-state index contributed by atoms with van der Waals surface area (Å²) in [6, 6.07) is 8.11. The Hall–Kier alpha value is -3.61. The van der Waals surface area contributed by atoms with Crippen molar-refractivity contribution in [3.8, 4) is 6.07 Å². The van der Waals surface area contributed by atoms with Gasteiger partial charge in [0.15, 0.2) is 0 Å². The van der Waals surface area contributed by atoms with Crippen LogP contribution < -0.4 is 16.3 Å². The molecule has 0 amide bonds. The second kappa shape index (κ2) is 8.39. The topological polar surface area (TPSA) is 124 Å². The van der Waals surface area contributed by atoms with Gasteiger partial charge in [-0.15, -0.1) is 0 Å². The van der Waals surface area contributed by atoms with Crippen molar-refractivity contribution in [1.29, 1.82) is 5.26 Å². The molecule has 1 saturated heterocycles. The van der Waals surface area contributed by atoms with Crippen LogP contribution in [0, 0.1) is 11.3 Å². The number of aliphatic imine (C=N–C) groups is 1. The van der Waals surface area contributed by atoms with E-state index in [9.17, 15) is 18.8 Å². The van der Waals surface area contributed by atoms with Gasteiger partial charge in [-0.3, -0.25) is 9.79 Å². The Labute approximate surface area is 159 Å². The van der Waals surface area contributed by atoms with E-state index in [1.165, 1.54) is 12.3 Å². The summed E-state index contributed by atoms with van der Waals surface area (Å²) >= 11 is 0. The number of nitriles is 1. The SMILES string of the molecule is N#Cc1c(N2CCC(=NCc3ccccc3C(F)F)/C(=N\N)C2)cn[nH]c1=O. The van der Waals surface area contributed by atoms with Gasteiger partial charge in [-0.25, -0.2) is 13.9 Å². The lowest BCUT2D eigenvalue weighted by atomic mass is 10.0. The predicted octanol–water partition coefficient (Wildman–Crippen LogP) is 1.75. The Morgan fingerprint density at radius 1 is 1.36 bits per heavy atom. The van der Waals surface area contributed by atoms with E-state index in [0.717, 1.165) is 0 Å². The van der Waals surface area contributed by atoms with Crippen LogP contribution in [0.4, 0.5) is 14.5 Å². The van der Waals surface area contributed by atoms with Crippen LogP contribution in [0.1, 0.15) is 29.5 Å². The zero-order valence-electron chi connectivity index (χ0n) is 14.8. The molecule has 0 atom stereocenters. The third-order valence-electron chi connectivity index (χ3n) is 4.47. The number of nitrogens with one attached hydrogen (secondary N) is 1. The second-order valence-electron chi connectivity index (χ2n) is 6.08. The largest absolute Gasteiger partial charge is 0.363 e. The van der Waals surface area contributed by atoms with Gasteiger partial charge in [0.05, 0.1) is 30.7 Å². The first-order valence-electron chi connectivity index (χ1n) is 8.44. The minimum absolute atomic E-state index is 0.0439. The molecule has 2 aromatic rings. The van der Waals surface area contributed by atoms with Crippen LogP contribution >= 0.6 is 0 Å². The quantitative estimate of drug-likeness (QED) is 0.613. The molecule has 144 valence electrons. The van der Waals surface area contributed by atoms with Crippen molar-refractivity contribution in [3.63, 3.8) is 0 Å². The van der Waals surface area contributed by atoms with E-state index in [2.05, 4.69) is 20.3 Å². The van der Waals surface area contributed by atoms with E-state index in [1.54, 1.807) is 23.1 Å². The van der Waals surface area contributed by atoms with Crippen molar-refractivity contribution in [1.82, 2.24) is 10.2 Å². The molecular weight excluding hydrogens is 368 g/mol. The van der Waals surface area contributed by atoms with Gasteiger partial charge in [0, 0.05) is 18.5 Å². The van der Waals surface area contributed by atoms with Crippen LogP contribution in [0.25, 0.3) is 0 Å². The van der Waals surface area contributed by atoms with Gasteiger partial charge in [-0.05, 0) is 5.56 Å². The molecule has 2 heterocycles. The fourth-order valence-corrected chi connectivity index (χ4v) is 3.04. The van der Waals surface area contributed by atoms with Crippen LogP contribution in [0.2, 0.25) is 0 Å². The molecule has 28 heavy (non-hydrogen) atoms. The number of H-pyrrole nitrogens is 1. The summed E-state index contributed by atoms with van der Waals surface area (Å²) in [5.41, 5.74) is 1.23. The molecule has 1 aliphatic heterocycles. The Morgan fingerprint density at radius 3 is 2.86 bits per heavy atom. The molecule has 3 N–H and O–H groups in total. The Balaban J connectivity index is 1.82. The van der Waals surface area contributed by atoms with Crippen molar-refractivity contribution in [2.45, 2.75) is 19.4 Å². The van der Waals surface area contributed by atoms with Crippen LogP contribution in [-0.2, 0) is 6.54 Å². The van der Waals surface area contributed by atoms with Crippen LogP contribution in [0.15, 0.2) is 45.4 Å². The summed E-state index contributed by atoms with van der Waals surface area (Å²) in [4.78, 5) is 18.0. The van der Waals surface area contributed by atoms with Crippen molar-refractivity contribution in [2.75, 3.05) is 18.0 Å². The van der Waals surface area contributed by atoms with Crippen molar-refractivity contribution in [3.05, 3.63) is 57.5 Å². The highest BCUT2D eigenvalue weighted by molar-refractivity contribution is 6.44. The first-order chi connectivity index (χ1) is 13.5. The number of anilines is 1. The Morgan fingerprint density at radius 2 is 2.14 bits per heavy atom. The number of rotatable bonds is 4. The van der Waals surface area contributed by atoms with Gasteiger partial charge in [0.2, 0.25) is 0 Å². The number of nitrogens with two attached hydrogens (primary N) is 1. The monoisotopic (exact) mass is 385 g/mol. The number of hydrogen-bond donors (Lipinski definition) is 2. The van der Waals surface area contributed by atoms with E-state index in [4.69, 9.17) is 5.84 Å². The summed E-state index contributed by atoms with van der Waals surface area (Å²) in [5, 5.41) is 18.9. The second-order valence-corrected chi connectivity index (χ2v) is 6.08. The highest BCUT2D eigenvalue weighted by Gasteiger charge is 2.24. The molecule has 1 aromatic heterocycles. The molecule has 0 aliphatic carbocycles. The number of halogens is 2. The van der Waals surface area contributed by atoms with Gasteiger partial charge in [-0.2, -0.15) is 15.5 Å². The maximum absolute atomic E-state index is 13.1. The molecule has 10 heteroatoms. The molecule has 1 aromatic carbocycles. The molecule has 0 saturated carbocycles. The van der Waals surface area contributed by atoms with Crippen LogP contribution in [0.3, 0.4) is 0 Å². The van der Waals surface area contributed by atoms with E-state index >= 15 is 0 Å². The van der Waals surface area contributed by atoms with Gasteiger partial charge >= 0.3 is 0 Å². The number of nitrogens with zero attached hydrogens (tertiary/aromatic N) is 5. The fraction of sp³-hybridized carbons (Fsp3) is 0.278. The summed E-state index contributed by atoms with van der Waals surface area (Å²) in [7, 11) is 0. The Bertz CT molecular complexity index is 1020. The lowest BCUT2D eigenvalue weighted by molar-refractivity contribution is 0.150. The van der Waals surface area contributed by atoms with Crippen molar-refractivity contribution in [2.24, 2.45) is 15.9 Å². The van der Waals surface area contributed by atoms with Crippen molar-refractivity contribution >= 4 is 17.1 Å². The standard InChI is InChI=1S/C18H17F2N7O/c19-17(20)12-4-2-1-3-11(12)8-23-14-5-6-27(10-15(14)25-22)16-9-24-26-18(28)13(16)7-21/h1-4,9,17H,5-6,8,10,22H2,(H,26,28)/b23-14?,25-15-. The van der Waals surface area contributed by atoms with E-state index < -0.39 is 12.0 Å². The average Bonchev–Trinajstić information content (AvgIpc) is 2.72. The molecule has 0 spiro atoms. The normalized spacial score (nSPS) is 17.3. The molecule has 1 aliphatic rings. The molecule has 1 fully saturated rings. The number of aromatic amines is 1. The molecule has 0 bridgehead atoms. The summed E-state index contributed by atoms with van der Waals surface area (Å²) in [5.74, 6) is 5.49. The zero-order valence-corrected chi connectivity index (χ0v) is 14.8. The summed E-state index contributed by atoms with van der Waals surface area (Å²) < 4.78 is 26.2. The van der Waals surface area contributed by atoms with Gasteiger partial charge < -0.3 is 10.7 Å². The molecular formula is C18H17F2N7O. The van der Waals surface area contributed by atoms with Crippen LogP contribution in [-0.4, -0.2) is 34.7 Å². The number of benzene rings is 1. The third kappa shape index (κ3) is 3.88. The maximum atomic E-state index is 13.1. The molecule has 3 rings (SSSR count). The van der Waals surface area contributed by atoms with Crippen molar-refractivity contribution < 1.29 is 8.78 Å². The lowest BCUT2D eigenvalue weighted by Crippen LogP contribution is -2.43. The first-order valence-corrected chi connectivity index (χ1v) is 8.44. The highest BCUT2D eigenvalue weighted by Crippen LogP contribution is 2.24. The van der Waals surface area contributed by atoms with Gasteiger partial charge in [0.25, 0.3) is 12.0 Å². The molecule has 0 unspecified atom stereocenters. The first kappa shape index (κ1) is 19.2.